The van der Waals surface area contributed by atoms with Crippen LogP contribution in [0, 0.1) is 0 Å². The molecule has 0 spiro atoms. The summed E-state index contributed by atoms with van der Waals surface area (Å²) in [6, 6.07) is 9.02. The first kappa shape index (κ1) is 16.5. The van der Waals surface area contributed by atoms with E-state index in [9.17, 15) is 9.59 Å². The standard InChI is InChI=1S/C19H20N4O3/c24-17(16-11-13-5-1-2-7-15(13)18(25)26-16)22-14-6-3-10-23(12-14)19-20-8-4-9-21-19/h1-2,4-5,7-9,14,16H,3,6,10-12H2,(H,22,24)/t14-,16+/m1/s1. The molecule has 2 aliphatic rings. The second-order valence-corrected chi connectivity index (χ2v) is 6.60. The number of hydrogen-bond donors (Lipinski definition) is 1. The van der Waals surface area contributed by atoms with Gasteiger partial charge in [0.1, 0.15) is 0 Å². The highest BCUT2D eigenvalue weighted by Gasteiger charge is 2.33. The Hall–Kier alpha value is -2.96. The van der Waals surface area contributed by atoms with E-state index in [4.69, 9.17) is 4.74 Å². The monoisotopic (exact) mass is 352 g/mol. The Morgan fingerprint density at radius 1 is 1.19 bits per heavy atom. The van der Waals surface area contributed by atoms with Crippen LogP contribution in [0.15, 0.2) is 42.7 Å². The number of nitrogens with one attached hydrogen (secondary N) is 1. The summed E-state index contributed by atoms with van der Waals surface area (Å²) >= 11 is 0. The quantitative estimate of drug-likeness (QED) is 0.840. The average molecular weight is 352 g/mol. The Kier molecular flexibility index (Phi) is 4.51. The fourth-order valence-electron chi connectivity index (χ4n) is 3.50. The van der Waals surface area contributed by atoms with Gasteiger partial charge in [-0.05, 0) is 30.5 Å². The molecule has 2 aliphatic heterocycles. The third-order valence-electron chi connectivity index (χ3n) is 4.79. The number of benzene rings is 1. The molecule has 7 nitrogen and oxygen atoms in total. The molecule has 0 radical (unpaired) electrons. The molecule has 2 aromatic rings. The predicted molar refractivity (Wildman–Crippen MR) is 94.8 cm³/mol. The molecule has 1 fully saturated rings. The summed E-state index contributed by atoms with van der Waals surface area (Å²) in [6.07, 6.45) is 4.88. The largest absolute Gasteiger partial charge is 0.448 e. The maximum Gasteiger partial charge on any atom is 0.339 e. The van der Waals surface area contributed by atoms with Crippen molar-refractivity contribution in [3.8, 4) is 0 Å². The molecule has 1 amide bonds. The van der Waals surface area contributed by atoms with Crippen molar-refractivity contribution in [1.82, 2.24) is 15.3 Å². The lowest BCUT2D eigenvalue weighted by Crippen LogP contribution is -2.52. The third-order valence-corrected chi connectivity index (χ3v) is 4.79. The van der Waals surface area contributed by atoms with Gasteiger partial charge in [0.2, 0.25) is 5.95 Å². The fraction of sp³-hybridized carbons (Fsp3) is 0.368. The van der Waals surface area contributed by atoms with Gasteiger partial charge in [-0.15, -0.1) is 0 Å². The molecular formula is C19H20N4O3. The van der Waals surface area contributed by atoms with E-state index >= 15 is 0 Å². The first-order chi connectivity index (χ1) is 12.7. The molecule has 2 atom stereocenters. The average Bonchev–Trinajstić information content (AvgIpc) is 2.69. The van der Waals surface area contributed by atoms with Gasteiger partial charge in [0.25, 0.3) is 5.91 Å². The fourth-order valence-corrected chi connectivity index (χ4v) is 3.50. The van der Waals surface area contributed by atoms with Crippen LogP contribution in [0.25, 0.3) is 0 Å². The molecule has 26 heavy (non-hydrogen) atoms. The van der Waals surface area contributed by atoms with E-state index in [1.807, 2.05) is 12.1 Å². The lowest BCUT2D eigenvalue weighted by molar-refractivity contribution is -0.131. The number of amides is 1. The van der Waals surface area contributed by atoms with Gasteiger partial charge in [-0.25, -0.2) is 14.8 Å². The Bertz CT molecular complexity index is 811. The van der Waals surface area contributed by atoms with Crippen LogP contribution >= 0.6 is 0 Å². The zero-order valence-corrected chi connectivity index (χ0v) is 14.3. The number of ether oxygens (including phenoxy) is 1. The number of aromatic nitrogens is 2. The van der Waals surface area contributed by atoms with Gasteiger partial charge in [0.15, 0.2) is 6.10 Å². The van der Waals surface area contributed by atoms with Crippen LogP contribution in [0.3, 0.4) is 0 Å². The van der Waals surface area contributed by atoms with E-state index in [0.29, 0.717) is 24.5 Å². The molecule has 0 saturated carbocycles. The molecule has 3 heterocycles. The molecule has 1 aromatic carbocycles. The number of carbonyl (C=O) groups excluding carboxylic acids is 2. The predicted octanol–water partition coefficient (Wildman–Crippen LogP) is 1.34. The molecule has 1 aromatic heterocycles. The number of rotatable bonds is 3. The van der Waals surface area contributed by atoms with Crippen LogP contribution in [-0.4, -0.2) is 47.1 Å². The van der Waals surface area contributed by atoms with Crippen molar-refractivity contribution in [2.24, 2.45) is 0 Å². The SMILES string of the molecule is O=C1O[C@H](C(=O)N[C@@H]2CCCN(c3ncccn3)C2)Cc2ccccc21. The van der Waals surface area contributed by atoms with Crippen LogP contribution in [0.2, 0.25) is 0 Å². The highest BCUT2D eigenvalue weighted by Crippen LogP contribution is 2.21. The molecule has 7 heteroatoms. The number of carbonyl (C=O) groups is 2. The molecule has 1 saturated heterocycles. The number of nitrogens with zero attached hydrogens (tertiary/aromatic N) is 3. The summed E-state index contributed by atoms with van der Waals surface area (Å²) in [7, 11) is 0. The molecule has 1 N–H and O–H groups in total. The third kappa shape index (κ3) is 3.37. The number of fused-ring (bicyclic) bond motifs is 1. The number of hydrogen-bond acceptors (Lipinski definition) is 6. The second kappa shape index (κ2) is 7.11. The molecule has 0 aliphatic carbocycles. The maximum absolute atomic E-state index is 12.6. The lowest BCUT2D eigenvalue weighted by Gasteiger charge is -2.34. The summed E-state index contributed by atoms with van der Waals surface area (Å²) in [4.78, 5) is 35.3. The second-order valence-electron chi connectivity index (χ2n) is 6.60. The number of anilines is 1. The van der Waals surface area contributed by atoms with E-state index in [1.54, 1.807) is 30.6 Å². The van der Waals surface area contributed by atoms with Crippen LogP contribution < -0.4 is 10.2 Å². The first-order valence-electron chi connectivity index (χ1n) is 8.82. The molecule has 0 unspecified atom stereocenters. The molecule has 134 valence electrons. The maximum atomic E-state index is 12.6. The highest BCUT2D eigenvalue weighted by atomic mass is 16.5. The normalized spacial score (nSPS) is 22.3. The Balaban J connectivity index is 1.40. The number of cyclic esters (lactones) is 1. The van der Waals surface area contributed by atoms with Gasteiger partial charge in [-0.3, -0.25) is 4.79 Å². The Labute approximate surface area is 151 Å². The van der Waals surface area contributed by atoms with Crippen molar-refractivity contribution in [1.29, 1.82) is 0 Å². The smallest absolute Gasteiger partial charge is 0.339 e. The Morgan fingerprint density at radius 3 is 2.85 bits per heavy atom. The van der Waals surface area contributed by atoms with Crippen molar-refractivity contribution in [3.63, 3.8) is 0 Å². The van der Waals surface area contributed by atoms with Crippen LogP contribution in [0.4, 0.5) is 5.95 Å². The minimum atomic E-state index is -0.777. The van der Waals surface area contributed by atoms with Crippen LogP contribution in [-0.2, 0) is 16.0 Å². The van der Waals surface area contributed by atoms with E-state index in [0.717, 1.165) is 24.9 Å². The Morgan fingerprint density at radius 2 is 2.00 bits per heavy atom. The number of esters is 1. The van der Waals surface area contributed by atoms with E-state index in [2.05, 4.69) is 20.2 Å². The van der Waals surface area contributed by atoms with Gasteiger partial charge in [0.05, 0.1) is 5.56 Å². The summed E-state index contributed by atoms with van der Waals surface area (Å²) < 4.78 is 5.34. The topological polar surface area (TPSA) is 84.4 Å². The molecular weight excluding hydrogens is 332 g/mol. The van der Waals surface area contributed by atoms with Gasteiger partial charge >= 0.3 is 5.97 Å². The van der Waals surface area contributed by atoms with Crippen molar-refractivity contribution in [2.75, 3.05) is 18.0 Å². The summed E-state index contributed by atoms with van der Waals surface area (Å²) in [5, 5.41) is 3.03. The number of piperidine rings is 1. The van der Waals surface area contributed by atoms with Crippen molar-refractivity contribution in [3.05, 3.63) is 53.9 Å². The summed E-state index contributed by atoms with van der Waals surface area (Å²) in [5.74, 6) is -0.00638. The summed E-state index contributed by atoms with van der Waals surface area (Å²) in [5.41, 5.74) is 1.40. The summed E-state index contributed by atoms with van der Waals surface area (Å²) in [6.45, 7) is 1.51. The van der Waals surface area contributed by atoms with Crippen LogP contribution in [0.5, 0.6) is 0 Å². The van der Waals surface area contributed by atoms with Gasteiger partial charge in [0, 0.05) is 37.9 Å². The van der Waals surface area contributed by atoms with E-state index in [-0.39, 0.29) is 11.9 Å². The van der Waals surface area contributed by atoms with Gasteiger partial charge in [-0.1, -0.05) is 18.2 Å². The van der Waals surface area contributed by atoms with E-state index < -0.39 is 12.1 Å². The first-order valence-corrected chi connectivity index (χ1v) is 8.82. The molecule has 0 bridgehead atoms. The van der Waals surface area contributed by atoms with Gasteiger partial charge < -0.3 is 15.0 Å². The minimum absolute atomic E-state index is 0.0177. The zero-order valence-electron chi connectivity index (χ0n) is 14.3. The van der Waals surface area contributed by atoms with Crippen molar-refractivity contribution < 1.29 is 14.3 Å². The molecule has 4 rings (SSSR count). The van der Waals surface area contributed by atoms with Gasteiger partial charge in [-0.2, -0.15) is 0 Å². The van der Waals surface area contributed by atoms with Crippen LogP contribution in [0.1, 0.15) is 28.8 Å². The van der Waals surface area contributed by atoms with Crippen molar-refractivity contribution >= 4 is 17.8 Å². The minimum Gasteiger partial charge on any atom is -0.448 e. The zero-order chi connectivity index (χ0) is 17.9. The lowest BCUT2D eigenvalue weighted by atomic mass is 9.98. The van der Waals surface area contributed by atoms with E-state index in [1.165, 1.54) is 0 Å². The highest BCUT2D eigenvalue weighted by molar-refractivity contribution is 5.95. The van der Waals surface area contributed by atoms with Crippen molar-refractivity contribution in [2.45, 2.75) is 31.4 Å².